The van der Waals surface area contributed by atoms with E-state index in [4.69, 9.17) is 19.2 Å². The van der Waals surface area contributed by atoms with E-state index in [2.05, 4.69) is 0 Å². The van der Waals surface area contributed by atoms with Crippen molar-refractivity contribution in [3.63, 3.8) is 0 Å². The summed E-state index contributed by atoms with van der Waals surface area (Å²) < 4.78 is 8.88. The molecule has 0 aliphatic heterocycles. The molecule has 0 spiro atoms. The van der Waals surface area contributed by atoms with Crippen molar-refractivity contribution in [2.24, 2.45) is 0 Å². The van der Waals surface area contributed by atoms with Gasteiger partial charge in [-0.05, 0) is 0 Å². The Balaban J connectivity index is -0.0000000133. The predicted octanol–water partition coefficient (Wildman–Crippen LogP) is -3.82. The van der Waals surface area contributed by atoms with Gasteiger partial charge in [0.1, 0.15) is 0 Å². The zero-order valence-electron chi connectivity index (χ0n) is 4.85. The largest absolute Gasteiger partial charge is 1.00 e. The van der Waals surface area contributed by atoms with E-state index >= 15 is 0 Å². The molecule has 0 aliphatic rings. The molecule has 1 radical (unpaired) electrons. The predicted molar refractivity (Wildman–Crippen MR) is 15.4 cm³/mol. The molecule has 0 aliphatic carbocycles. The number of hydrogen-bond donors (Lipinski definition) is 3. The maximum atomic E-state index is 8.88. The summed E-state index contributed by atoms with van der Waals surface area (Å²) in [5, 5.41) is 0. The molecule has 4 nitrogen and oxygen atoms in total. The molecule has 0 aromatic carbocycles. The normalized spacial score (nSPS) is 7.38. The van der Waals surface area contributed by atoms with Crippen LogP contribution in [0.4, 0.5) is 0 Å². The number of phosphoric acid groups is 1. The van der Waals surface area contributed by atoms with Crippen LogP contribution in [0.25, 0.3) is 0 Å². The van der Waals surface area contributed by atoms with Gasteiger partial charge >= 0.3 is 26.7 Å². The van der Waals surface area contributed by atoms with Crippen molar-refractivity contribution in [3.8, 4) is 0 Å². The number of rotatable bonds is 0. The van der Waals surface area contributed by atoms with Crippen LogP contribution in [-0.4, -0.2) is 14.7 Å². The zero-order valence-corrected chi connectivity index (χ0v) is 6.77. The molecule has 0 unspecified atom stereocenters. The molecule has 0 bridgehead atoms. The van der Waals surface area contributed by atoms with E-state index in [-0.39, 0.29) is 53.6 Å². The fourth-order valence-corrected chi connectivity index (χ4v) is 0. The van der Waals surface area contributed by atoms with Gasteiger partial charge < -0.3 is 16.1 Å². The molecule has 3 N–H and O–H groups in total. The smallest absolute Gasteiger partial charge is 1.00 e. The van der Waals surface area contributed by atoms with Crippen molar-refractivity contribution in [2.45, 2.75) is 0 Å². The van der Waals surface area contributed by atoms with E-state index in [9.17, 15) is 0 Å². The van der Waals surface area contributed by atoms with E-state index in [0.29, 0.717) is 0 Å². The van der Waals surface area contributed by atoms with Gasteiger partial charge in [0.15, 0.2) is 0 Å². The Bertz CT molecular complexity index is 66.7. The zero-order chi connectivity index (χ0) is 4.50. The Kier molecular flexibility index (Phi) is 24.6. The van der Waals surface area contributed by atoms with Gasteiger partial charge in [0.2, 0.25) is 0 Å². The fraction of sp³-hybridized carbons (Fsp3) is 0. The molecule has 0 heterocycles. The molecular weight excluding hydrogens is 220 g/mol. The molecule has 0 saturated carbocycles. The van der Waals surface area contributed by atoms with Gasteiger partial charge in [-0.15, -0.1) is 0 Å². The molecule has 0 aromatic heterocycles. The first-order valence-corrected chi connectivity index (χ1v) is 2.35. The van der Waals surface area contributed by atoms with Gasteiger partial charge in [-0.25, -0.2) is 4.57 Å². The van der Waals surface area contributed by atoms with E-state index in [0.717, 1.165) is 0 Å². The quantitative estimate of drug-likeness (QED) is 0.291. The van der Waals surface area contributed by atoms with E-state index in [1.54, 1.807) is 0 Å². The monoisotopic (exact) mass is 223 g/mol. The van der Waals surface area contributed by atoms with Crippen molar-refractivity contribution < 1.29 is 72.8 Å². The van der Waals surface area contributed by atoms with Gasteiger partial charge in [-0.3, -0.25) is 0 Å². The minimum absolute atomic E-state index is 0. The fourth-order valence-electron chi connectivity index (χ4n) is 0. The third-order valence-electron chi connectivity index (χ3n) is 0. The first-order valence-electron chi connectivity index (χ1n) is 0.783. The van der Waals surface area contributed by atoms with Crippen LogP contribution in [0.3, 0.4) is 0 Å². The molecule has 0 rings (SSSR count). The van der Waals surface area contributed by atoms with Crippen molar-refractivity contribution in [1.82, 2.24) is 0 Å². The SMILES string of the molecule is O=P(O)(O)O.[Co].[H-].[Li+].[Ni]. The molecule has 0 amide bonds. The molecule has 8 heteroatoms. The van der Waals surface area contributed by atoms with Gasteiger partial charge in [0, 0.05) is 33.3 Å². The topological polar surface area (TPSA) is 77.8 Å². The van der Waals surface area contributed by atoms with Crippen LogP contribution in [0, 0.1) is 0 Å². The van der Waals surface area contributed by atoms with E-state index in [1.165, 1.54) is 0 Å². The minimum Gasteiger partial charge on any atom is -1.00 e. The second-order valence-corrected chi connectivity index (χ2v) is 1.54. The van der Waals surface area contributed by atoms with Crippen LogP contribution in [0.2, 0.25) is 0 Å². The summed E-state index contributed by atoms with van der Waals surface area (Å²) in [6.45, 7) is 0. The van der Waals surface area contributed by atoms with Crippen LogP contribution >= 0.6 is 7.82 Å². The Hall–Kier alpha value is 1.71. The Morgan fingerprint density at radius 1 is 1.25 bits per heavy atom. The molecule has 0 saturated heterocycles. The van der Waals surface area contributed by atoms with Crippen LogP contribution in [0.1, 0.15) is 1.43 Å². The van der Waals surface area contributed by atoms with Crippen molar-refractivity contribution in [1.29, 1.82) is 0 Å². The first-order chi connectivity index (χ1) is 2.00. The number of hydrogen-bond acceptors (Lipinski definition) is 1. The summed E-state index contributed by atoms with van der Waals surface area (Å²) in [5.41, 5.74) is 0. The van der Waals surface area contributed by atoms with E-state index in [1.807, 2.05) is 0 Å². The second-order valence-electron chi connectivity index (χ2n) is 0.513. The van der Waals surface area contributed by atoms with Crippen molar-refractivity contribution >= 4 is 7.82 Å². The maximum Gasteiger partial charge on any atom is 1.00 e. The first kappa shape index (κ1) is 22.6. The average Bonchev–Trinajstić information content (AvgIpc) is 0.722. The summed E-state index contributed by atoms with van der Waals surface area (Å²) in [6, 6.07) is 0. The van der Waals surface area contributed by atoms with Crippen molar-refractivity contribution in [2.75, 3.05) is 0 Å². The van der Waals surface area contributed by atoms with Crippen LogP contribution < -0.4 is 18.9 Å². The molecular formula is H4CoLiNiO4P. The van der Waals surface area contributed by atoms with Crippen molar-refractivity contribution in [3.05, 3.63) is 0 Å². The van der Waals surface area contributed by atoms with Crippen LogP contribution in [0.5, 0.6) is 0 Å². The minimum atomic E-state index is -4.64. The molecule has 0 fully saturated rings. The molecule has 53 valence electrons. The Labute approximate surface area is 80.5 Å². The molecule has 8 heavy (non-hydrogen) atoms. The van der Waals surface area contributed by atoms with Gasteiger partial charge in [-0.1, -0.05) is 0 Å². The Morgan fingerprint density at radius 3 is 1.25 bits per heavy atom. The average molecular weight is 224 g/mol. The summed E-state index contributed by atoms with van der Waals surface area (Å²) in [7, 11) is -4.64. The third-order valence-corrected chi connectivity index (χ3v) is 0. The van der Waals surface area contributed by atoms with Crippen LogP contribution in [-0.2, 0) is 37.8 Å². The summed E-state index contributed by atoms with van der Waals surface area (Å²) >= 11 is 0. The summed E-state index contributed by atoms with van der Waals surface area (Å²) in [6.07, 6.45) is 0. The maximum absolute atomic E-state index is 8.88. The van der Waals surface area contributed by atoms with Gasteiger partial charge in [0.25, 0.3) is 0 Å². The Morgan fingerprint density at radius 2 is 1.25 bits per heavy atom. The molecule has 0 atom stereocenters. The standard InChI is InChI=1S/Co.Li.Ni.H3O4P.H/c;;;1-5(2,3)4;/h;;;(H3,1,2,3,4);/q;+1;;;-1. The van der Waals surface area contributed by atoms with Gasteiger partial charge in [-0.2, -0.15) is 0 Å². The molecule has 0 aromatic rings. The third kappa shape index (κ3) is 119. The van der Waals surface area contributed by atoms with Crippen LogP contribution in [0.15, 0.2) is 0 Å². The summed E-state index contributed by atoms with van der Waals surface area (Å²) in [4.78, 5) is 21.6. The summed E-state index contributed by atoms with van der Waals surface area (Å²) in [5.74, 6) is 0. The second kappa shape index (κ2) is 8.71. The van der Waals surface area contributed by atoms with E-state index < -0.39 is 7.82 Å². The van der Waals surface area contributed by atoms with Gasteiger partial charge in [0.05, 0.1) is 0 Å².